The minimum absolute atomic E-state index is 0.488. The third-order valence-electron chi connectivity index (χ3n) is 5.78. The minimum Gasteiger partial charge on any atom is -0.410 e. The highest BCUT2D eigenvalue weighted by atomic mass is 16.6. The lowest BCUT2D eigenvalue weighted by Crippen LogP contribution is -2.18. The van der Waals surface area contributed by atoms with Gasteiger partial charge in [0, 0.05) is 11.4 Å². The number of nitrogens with one attached hydrogen (secondary N) is 2. The molecule has 6 heteroatoms. The van der Waals surface area contributed by atoms with Crippen LogP contribution in [0.1, 0.15) is 63.5 Å². The molecule has 3 aromatic rings. The highest BCUT2D eigenvalue weighted by molar-refractivity contribution is 5.88. The van der Waals surface area contributed by atoms with Crippen LogP contribution in [0.3, 0.4) is 0 Å². The van der Waals surface area contributed by atoms with Crippen LogP contribution in [0.4, 0.5) is 21.0 Å². The highest BCUT2D eigenvalue weighted by Crippen LogP contribution is 2.19. The van der Waals surface area contributed by atoms with Gasteiger partial charge in [-0.25, -0.2) is 9.59 Å². The summed E-state index contributed by atoms with van der Waals surface area (Å²) in [5.41, 5.74) is 3.57. The number of hydrogen-bond acceptors (Lipinski definition) is 4. The predicted molar refractivity (Wildman–Crippen MR) is 145 cm³/mol. The second-order valence-corrected chi connectivity index (χ2v) is 8.81. The van der Waals surface area contributed by atoms with E-state index in [2.05, 4.69) is 24.5 Å². The number of benzene rings is 3. The first kappa shape index (κ1) is 26.8. The molecule has 0 fully saturated rings. The third kappa shape index (κ3) is 9.45. The molecule has 0 radical (unpaired) electrons. The average molecular weight is 489 g/mol. The van der Waals surface area contributed by atoms with Crippen LogP contribution < -0.4 is 20.1 Å². The summed E-state index contributed by atoms with van der Waals surface area (Å²) in [6, 6.07) is 21.9. The fourth-order valence-electron chi connectivity index (χ4n) is 3.74. The van der Waals surface area contributed by atoms with Crippen molar-refractivity contribution in [2.24, 2.45) is 0 Å². The molecular formula is C30H36N2O4. The highest BCUT2D eigenvalue weighted by Gasteiger charge is 2.08. The monoisotopic (exact) mass is 488 g/mol. The van der Waals surface area contributed by atoms with Gasteiger partial charge in [-0.2, -0.15) is 0 Å². The molecular weight excluding hydrogens is 452 g/mol. The second kappa shape index (κ2) is 14.6. The fraction of sp³-hybridized carbons (Fsp3) is 0.333. The van der Waals surface area contributed by atoms with E-state index in [1.807, 2.05) is 24.3 Å². The molecule has 2 amide bonds. The van der Waals surface area contributed by atoms with Gasteiger partial charge in [0.2, 0.25) is 0 Å². The molecule has 0 spiro atoms. The van der Waals surface area contributed by atoms with Crippen LogP contribution in [-0.2, 0) is 12.8 Å². The standard InChI is InChI=1S/C30H36N2O4/c1-3-5-7-9-23-11-19-27(20-12-23)35-29(33)31-25-15-17-26(18-16-25)32-30(34)36-28-21-13-24(14-22-28)10-8-6-4-2/h11-22H,3-10H2,1-2H3,(H,31,33)(H,32,34). The van der Waals surface area contributed by atoms with Crippen LogP contribution in [0.25, 0.3) is 0 Å². The number of carbonyl (C=O) groups is 2. The van der Waals surface area contributed by atoms with E-state index in [0.29, 0.717) is 22.9 Å². The maximum absolute atomic E-state index is 12.2. The molecule has 0 saturated carbocycles. The molecule has 0 atom stereocenters. The second-order valence-electron chi connectivity index (χ2n) is 8.81. The molecule has 0 aliphatic rings. The molecule has 190 valence electrons. The molecule has 0 saturated heterocycles. The number of amides is 2. The summed E-state index contributed by atoms with van der Waals surface area (Å²) in [6.07, 6.45) is 8.02. The molecule has 0 aromatic heterocycles. The van der Waals surface area contributed by atoms with E-state index >= 15 is 0 Å². The van der Waals surface area contributed by atoms with E-state index in [9.17, 15) is 9.59 Å². The van der Waals surface area contributed by atoms with E-state index in [1.165, 1.54) is 36.8 Å². The van der Waals surface area contributed by atoms with Crippen LogP contribution in [0.2, 0.25) is 0 Å². The summed E-state index contributed by atoms with van der Waals surface area (Å²) in [4.78, 5) is 24.4. The van der Waals surface area contributed by atoms with Crippen LogP contribution in [0.15, 0.2) is 72.8 Å². The Labute approximate surface area is 214 Å². The Balaban J connectivity index is 1.42. The van der Waals surface area contributed by atoms with Gasteiger partial charge in [0.15, 0.2) is 0 Å². The van der Waals surface area contributed by atoms with Gasteiger partial charge in [0.05, 0.1) is 0 Å². The first-order chi connectivity index (χ1) is 17.6. The molecule has 36 heavy (non-hydrogen) atoms. The number of carbonyl (C=O) groups excluding carboxylic acids is 2. The molecule has 0 aliphatic carbocycles. The summed E-state index contributed by atoms with van der Waals surface area (Å²) in [6.45, 7) is 4.37. The van der Waals surface area contributed by atoms with Gasteiger partial charge in [-0.05, 0) is 85.3 Å². The minimum atomic E-state index is -0.577. The number of hydrogen-bond donors (Lipinski definition) is 2. The predicted octanol–water partition coefficient (Wildman–Crippen LogP) is 8.37. The molecule has 0 unspecified atom stereocenters. The van der Waals surface area contributed by atoms with Crippen molar-refractivity contribution in [3.8, 4) is 11.5 Å². The van der Waals surface area contributed by atoms with E-state index in [0.717, 1.165) is 25.7 Å². The van der Waals surface area contributed by atoms with Crippen molar-refractivity contribution >= 4 is 23.6 Å². The molecule has 0 aliphatic heterocycles. The van der Waals surface area contributed by atoms with Crippen LogP contribution >= 0.6 is 0 Å². The molecule has 3 rings (SSSR count). The largest absolute Gasteiger partial charge is 0.417 e. The molecule has 0 bridgehead atoms. The van der Waals surface area contributed by atoms with Crippen LogP contribution in [-0.4, -0.2) is 12.2 Å². The lowest BCUT2D eigenvalue weighted by molar-refractivity contribution is 0.214. The van der Waals surface area contributed by atoms with Crippen LogP contribution in [0.5, 0.6) is 11.5 Å². The first-order valence-electron chi connectivity index (χ1n) is 12.8. The van der Waals surface area contributed by atoms with Gasteiger partial charge in [-0.1, -0.05) is 63.8 Å². The van der Waals surface area contributed by atoms with Crippen molar-refractivity contribution in [2.45, 2.75) is 65.2 Å². The smallest absolute Gasteiger partial charge is 0.410 e. The number of rotatable bonds is 12. The van der Waals surface area contributed by atoms with Gasteiger partial charge >= 0.3 is 12.2 Å². The lowest BCUT2D eigenvalue weighted by atomic mass is 10.1. The summed E-state index contributed by atoms with van der Waals surface area (Å²) < 4.78 is 10.7. The first-order valence-corrected chi connectivity index (χ1v) is 12.8. The zero-order valence-electron chi connectivity index (χ0n) is 21.2. The lowest BCUT2D eigenvalue weighted by Gasteiger charge is -2.10. The third-order valence-corrected chi connectivity index (χ3v) is 5.78. The normalized spacial score (nSPS) is 10.5. The zero-order valence-corrected chi connectivity index (χ0v) is 21.2. The Bertz CT molecular complexity index is 989. The van der Waals surface area contributed by atoms with Crippen molar-refractivity contribution in [3.63, 3.8) is 0 Å². The summed E-state index contributed by atoms with van der Waals surface area (Å²) in [5, 5.41) is 5.37. The van der Waals surface area contributed by atoms with Crippen molar-refractivity contribution in [3.05, 3.63) is 83.9 Å². The van der Waals surface area contributed by atoms with Gasteiger partial charge < -0.3 is 9.47 Å². The van der Waals surface area contributed by atoms with Gasteiger partial charge in [-0.15, -0.1) is 0 Å². The fourth-order valence-corrected chi connectivity index (χ4v) is 3.74. The Morgan fingerprint density at radius 2 is 0.917 bits per heavy atom. The number of aryl methyl sites for hydroxylation is 2. The topological polar surface area (TPSA) is 76.7 Å². The Morgan fingerprint density at radius 3 is 1.25 bits per heavy atom. The molecule has 0 heterocycles. The summed E-state index contributed by atoms with van der Waals surface area (Å²) in [7, 11) is 0. The van der Waals surface area contributed by atoms with Gasteiger partial charge in [0.1, 0.15) is 11.5 Å². The van der Waals surface area contributed by atoms with E-state index in [1.54, 1.807) is 48.5 Å². The number of unbranched alkanes of at least 4 members (excludes halogenated alkanes) is 4. The quantitative estimate of drug-likeness (QED) is 0.251. The van der Waals surface area contributed by atoms with E-state index < -0.39 is 12.2 Å². The summed E-state index contributed by atoms with van der Waals surface area (Å²) in [5.74, 6) is 0.975. The van der Waals surface area contributed by atoms with Gasteiger partial charge in [-0.3, -0.25) is 10.6 Å². The van der Waals surface area contributed by atoms with Gasteiger partial charge in [0.25, 0.3) is 0 Å². The van der Waals surface area contributed by atoms with Crippen molar-refractivity contribution in [2.75, 3.05) is 10.6 Å². The maximum Gasteiger partial charge on any atom is 0.417 e. The Kier molecular flexibility index (Phi) is 10.8. The van der Waals surface area contributed by atoms with Crippen molar-refractivity contribution < 1.29 is 19.1 Å². The average Bonchev–Trinajstić information content (AvgIpc) is 2.87. The molecule has 3 aromatic carbocycles. The van der Waals surface area contributed by atoms with Crippen molar-refractivity contribution in [1.82, 2.24) is 0 Å². The maximum atomic E-state index is 12.2. The molecule has 2 N–H and O–H groups in total. The Hall–Kier alpha value is -3.80. The summed E-state index contributed by atoms with van der Waals surface area (Å²) >= 11 is 0. The van der Waals surface area contributed by atoms with Crippen molar-refractivity contribution in [1.29, 1.82) is 0 Å². The van der Waals surface area contributed by atoms with Crippen LogP contribution in [0, 0.1) is 0 Å². The SMILES string of the molecule is CCCCCc1ccc(OC(=O)Nc2ccc(NC(=O)Oc3ccc(CCCCC)cc3)cc2)cc1. The Morgan fingerprint density at radius 1 is 0.556 bits per heavy atom. The van der Waals surface area contributed by atoms with E-state index in [4.69, 9.17) is 9.47 Å². The number of anilines is 2. The van der Waals surface area contributed by atoms with E-state index in [-0.39, 0.29) is 0 Å². The molecule has 6 nitrogen and oxygen atoms in total. The zero-order chi connectivity index (χ0) is 25.6. The number of ether oxygens (including phenoxy) is 2.